The van der Waals surface area contributed by atoms with Crippen molar-refractivity contribution in [1.29, 1.82) is 0 Å². The fourth-order valence-corrected chi connectivity index (χ4v) is 3.12. The van der Waals surface area contributed by atoms with E-state index >= 15 is 0 Å². The average Bonchev–Trinajstić information content (AvgIpc) is 2.46. The van der Waals surface area contributed by atoms with E-state index in [1.807, 2.05) is 43.3 Å². The lowest BCUT2D eigenvalue weighted by atomic mass is 9.92. The maximum atomic E-state index is 6.29. The minimum absolute atomic E-state index is 0.0862. The Morgan fingerprint density at radius 3 is 2.38 bits per heavy atom. The predicted octanol–water partition coefficient (Wildman–Crippen LogP) is 4.68. The van der Waals surface area contributed by atoms with E-state index in [9.17, 15) is 0 Å². The van der Waals surface area contributed by atoms with Gasteiger partial charge in [0, 0.05) is 16.0 Å². The Hall–Kier alpha value is -1.22. The maximum absolute atomic E-state index is 6.29. The molecule has 0 aliphatic heterocycles. The summed E-state index contributed by atoms with van der Waals surface area (Å²) in [6, 6.07) is 13.6. The summed E-state index contributed by atoms with van der Waals surface area (Å²) >= 11 is 12.6. The van der Waals surface area contributed by atoms with Gasteiger partial charge in [0.1, 0.15) is 5.75 Å². The van der Waals surface area contributed by atoms with Gasteiger partial charge in [-0.15, -0.1) is 0 Å². The van der Waals surface area contributed by atoms with Crippen molar-refractivity contribution < 1.29 is 4.74 Å². The molecule has 0 amide bonds. The molecule has 2 N–H and O–H groups in total. The van der Waals surface area contributed by atoms with E-state index in [0.717, 1.165) is 23.3 Å². The Morgan fingerprint density at radius 1 is 1.10 bits per heavy atom. The minimum Gasteiger partial charge on any atom is -0.494 e. The lowest BCUT2D eigenvalue weighted by Crippen LogP contribution is -2.16. The van der Waals surface area contributed by atoms with Gasteiger partial charge in [0.25, 0.3) is 0 Å². The molecule has 0 saturated carbocycles. The number of ether oxygens (including phenoxy) is 1. The van der Waals surface area contributed by atoms with Gasteiger partial charge in [-0.25, -0.2) is 0 Å². The first kappa shape index (κ1) is 16.2. The fourth-order valence-electron chi connectivity index (χ4n) is 2.42. The quantitative estimate of drug-likeness (QED) is 0.837. The highest BCUT2D eigenvalue weighted by atomic mass is 35.5. The van der Waals surface area contributed by atoms with Gasteiger partial charge in [0.15, 0.2) is 0 Å². The van der Waals surface area contributed by atoms with Crippen LogP contribution in [0.3, 0.4) is 0 Å². The predicted molar refractivity (Wildman–Crippen MR) is 89.6 cm³/mol. The summed E-state index contributed by atoms with van der Waals surface area (Å²) in [6.45, 7) is 3.11. The first-order valence-corrected chi connectivity index (χ1v) is 7.77. The summed E-state index contributed by atoms with van der Waals surface area (Å²) in [5, 5.41) is 1.33. The Kier molecular flexibility index (Phi) is 5.92. The van der Waals surface area contributed by atoms with Crippen LogP contribution in [0.2, 0.25) is 10.0 Å². The summed E-state index contributed by atoms with van der Waals surface area (Å²) in [7, 11) is 0. The van der Waals surface area contributed by atoms with E-state index in [2.05, 4.69) is 6.07 Å². The van der Waals surface area contributed by atoms with Crippen LogP contribution < -0.4 is 10.5 Å². The first-order chi connectivity index (χ1) is 10.2. The van der Waals surface area contributed by atoms with E-state index < -0.39 is 0 Å². The molecular formula is C17H19Cl2NO. The number of hydrogen-bond acceptors (Lipinski definition) is 2. The zero-order valence-electron chi connectivity index (χ0n) is 12.0. The second-order valence-corrected chi connectivity index (χ2v) is 5.67. The molecule has 21 heavy (non-hydrogen) atoms. The topological polar surface area (TPSA) is 35.2 Å². The van der Waals surface area contributed by atoms with Gasteiger partial charge in [-0.3, -0.25) is 0 Å². The van der Waals surface area contributed by atoms with Gasteiger partial charge in [-0.05, 0) is 55.3 Å². The number of benzene rings is 2. The molecular weight excluding hydrogens is 305 g/mol. The van der Waals surface area contributed by atoms with Gasteiger partial charge in [0.2, 0.25) is 0 Å². The van der Waals surface area contributed by atoms with Crippen molar-refractivity contribution in [2.45, 2.75) is 19.3 Å². The van der Waals surface area contributed by atoms with Gasteiger partial charge in [-0.1, -0.05) is 41.4 Å². The minimum atomic E-state index is 0.0862. The second kappa shape index (κ2) is 7.69. The molecule has 0 fully saturated rings. The van der Waals surface area contributed by atoms with Crippen molar-refractivity contribution in [2.24, 2.45) is 5.73 Å². The van der Waals surface area contributed by atoms with E-state index in [4.69, 9.17) is 33.7 Å². The zero-order chi connectivity index (χ0) is 15.2. The number of rotatable bonds is 6. The molecule has 2 rings (SSSR count). The highest BCUT2D eigenvalue weighted by Crippen LogP contribution is 2.33. The normalized spacial score (nSPS) is 12.2. The molecule has 2 aromatic carbocycles. The molecule has 0 spiro atoms. The van der Waals surface area contributed by atoms with Crippen LogP contribution in [0.5, 0.6) is 5.75 Å². The summed E-state index contributed by atoms with van der Waals surface area (Å²) < 4.78 is 5.53. The molecule has 2 nitrogen and oxygen atoms in total. The third-order valence-corrected chi connectivity index (χ3v) is 4.04. The van der Waals surface area contributed by atoms with E-state index in [-0.39, 0.29) is 5.92 Å². The lowest BCUT2D eigenvalue weighted by molar-refractivity contribution is 0.340. The molecule has 0 aromatic heterocycles. The Morgan fingerprint density at radius 2 is 1.76 bits per heavy atom. The van der Waals surface area contributed by atoms with Crippen molar-refractivity contribution in [1.82, 2.24) is 0 Å². The molecule has 0 bridgehead atoms. The van der Waals surface area contributed by atoms with Crippen LogP contribution in [0.15, 0.2) is 42.5 Å². The molecule has 0 aliphatic carbocycles. The SMILES string of the molecule is CCOc1cccc(CC(CN)c2c(Cl)cccc2Cl)c1. The largest absolute Gasteiger partial charge is 0.494 e. The van der Waals surface area contributed by atoms with Crippen LogP contribution in [0.4, 0.5) is 0 Å². The summed E-state index contributed by atoms with van der Waals surface area (Å²) in [5.41, 5.74) is 8.02. The molecule has 4 heteroatoms. The van der Waals surface area contributed by atoms with E-state index in [1.165, 1.54) is 0 Å². The molecule has 1 unspecified atom stereocenters. The van der Waals surface area contributed by atoms with Gasteiger partial charge < -0.3 is 10.5 Å². The molecule has 112 valence electrons. The van der Waals surface area contributed by atoms with Crippen molar-refractivity contribution >= 4 is 23.2 Å². The van der Waals surface area contributed by atoms with Crippen LogP contribution in [-0.4, -0.2) is 13.2 Å². The van der Waals surface area contributed by atoms with Crippen LogP contribution in [0, 0.1) is 0 Å². The first-order valence-electron chi connectivity index (χ1n) is 7.01. The third-order valence-electron chi connectivity index (χ3n) is 3.38. The average molecular weight is 324 g/mol. The lowest BCUT2D eigenvalue weighted by Gasteiger charge is -2.18. The van der Waals surface area contributed by atoms with Crippen molar-refractivity contribution in [3.8, 4) is 5.75 Å². The Balaban J connectivity index is 2.25. The third kappa shape index (κ3) is 4.13. The molecule has 2 aromatic rings. The van der Waals surface area contributed by atoms with Crippen molar-refractivity contribution in [2.75, 3.05) is 13.2 Å². The molecule has 1 atom stereocenters. The smallest absolute Gasteiger partial charge is 0.119 e. The van der Waals surface area contributed by atoms with Gasteiger partial charge in [0.05, 0.1) is 6.61 Å². The Labute approximate surface area is 135 Å². The highest BCUT2D eigenvalue weighted by molar-refractivity contribution is 6.36. The zero-order valence-corrected chi connectivity index (χ0v) is 13.5. The standard InChI is InChI=1S/C17H19Cl2NO/c1-2-21-14-6-3-5-12(10-14)9-13(11-20)17-15(18)7-4-8-16(17)19/h3-8,10,13H,2,9,11,20H2,1H3. The van der Waals surface area contributed by atoms with Crippen LogP contribution in [-0.2, 0) is 6.42 Å². The summed E-state index contributed by atoms with van der Waals surface area (Å²) in [6.07, 6.45) is 0.779. The fraction of sp³-hybridized carbons (Fsp3) is 0.294. The second-order valence-electron chi connectivity index (χ2n) is 4.85. The van der Waals surface area contributed by atoms with E-state index in [1.54, 1.807) is 0 Å². The number of halogens is 2. The molecule has 0 radical (unpaired) electrons. The molecule has 0 aliphatic rings. The summed E-state index contributed by atoms with van der Waals surface area (Å²) in [4.78, 5) is 0. The Bertz CT molecular complexity index is 581. The maximum Gasteiger partial charge on any atom is 0.119 e. The van der Waals surface area contributed by atoms with E-state index in [0.29, 0.717) is 23.2 Å². The van der Waals surface area contributed by atoms with Gasteiger partial charge in [-0.2, -0.15) is 0 Å². The van der Waals surface area contributed by atoms with Crippen LogP contribution >= 0.6 is 23.2 Å². The monoisotopic (exact) mass is 323 g/mol. The van der Waals surface area contributed by atoms with Gasteiger partial charge >= 0.3 is 0 Å². The molecule has 0 saturated heterocycles. The van der Waals surface area contributed by atoms with Crippen LogP contribution in [0.1, 0.15) is 24.0 Å². The summed E-state index contributed by atoms with van der Waals surface area (Å²) in [5.74, 6) is 0.958. The molecule has 0 heterocycles. The highest BCUT2D eigenvalue weighted by Gasteiger charge is 2.17. The van der Waals surface area contributed by atoms with Crippen molar-refractivity contribution in [3.63, 3.8) is 0 Å². The van der Waals surface area contributed by atoms with Crippen molar-refractivity contribution in [3.05, 3.63) is 63.6 Å². The van der Waals surface area contributed by atoms with Crippen LogP contribution in [0.25, 0.3) is 0 Å². The number of hydrogen-bond donors (Lipinski definition) is 1. The number of nitrogens with two attached hydrogens (primary N) is 1.